The van der Waals surface area contributed by atoms with E-state index in [4.69, 9.17) is 9.84 Å². The third-order valence-corrected chi connectivity index (χ3v) is 1.85. The molecule has 0 heterocycles. The fraction of sp³-hybridized carbons (Fsp3) is 0.364. The van der Waals surface area contributed by atoms with Gasteiger partial charge in [-0.25, -0.2) is 4.79 Å². The summed E-state index contributed by atoms with van der Waals surface area (Å²) in [6.07, 6.45) is 0.216. The summed E-state index contributed by atoms with van der Waals surface area (Å²) < 4.78 is 4.89. The Morgan fingerprint density at radius 1 is 1.33 bits per heavy atom. The van der Waals surface area contributed by atoms with Gasteiger partial charge in [-0.15, -0.1) is 0 Å². The maximum atomic E-state index is 10.9. The minimum absolute atomic E-state index is 0.0756. The Labute approximate surface area is 88.9 Å². The average Bonchev–Trinajstić information content (AvgIpc) is 2.28. The van der Waals surface area contributed by atoms with E-state index in [1.54, 1.807) is 0 Å². The van der Waals surface area contributed by atoms with Crippen molar-refractivity contribution >= 4 is 6.09 Å². The molecule has 0 aliphatic carbocycles. The van der Waals surface area contributed by atoms with Gasteiger partial charge in [-0.2, -0.15) is 0 Å². The first-order chi connectivity index (χ1) is 7.33. The van der Waals surface area contributed by atoms with Crippen LogP contribution < -0.4 is 5.32 Å². The van der Waals surface area contributed by atoms with E-state index in [1.165, 1.54) is 0 Å². The first kappa shape index (κ1) is 11.5. The zero-order chi connectivity index (χ0) is 10.9. The largest absolute Gasteiger partial charge is 0.449 e. The highest BCUT2D eigenvalue weighted by molar-refractivity contribution is 5.67. The highest BCUT2D eigenvalue weighted by Crippen LogP contribution is 1.99. The van der Waals surface area contributed by atoms with Crippen molar-refractivity contribution in [1.29, 1.82) is 0 Å². The number of amides is 1. The molecule has 0 unspecified atom stereocenters. The zero-order valence-electron chi connectivity index (χ0n) is 8.48. The summed E-state index contributed by atoms with van der Waals surface area (Å²) in [5.74, 6) is 0. The maximum Gasteiger partial charge on any atom is 0.407 e. The van der Waals surface area contributed by atoms with Gasteiger partial charge in [0, 0.05) is 13.0 Å². The maximum absolute atomic E-state index is 10.9. The number of nitrogens with one attached hydrogen (secondary N) is 1. The van der Waals surface area contributed by atoms with Gasteiger partial charge in [0.05, 0.1) is 13.2 Å². The van der Waals surface area contributed by atoms with E-state index in [0.29, 0.717) is 13.0 Å². The fourth-order valence-corrected chi connectivity index (χ4v) is 1.12. The zero-order valence-corrected chi connectivity index (χ0v) is 8.48. The van der Waals surface area contributed by atoms with Crippen molar-refractivity contribution < 1.29 is 14.6 Å². The Morgan fingerprint density at radius 2 is 2.07 bits per heavy atom. The smallest absolute Gasteiger partial charge is 0.407 e. The summed E-state index contributed by atoms with van der Waals surface area (Å²) in [6.45, 7) is 0.499. The molecule has 1 rings (SSSR count). The summed E-state index contributed by atoms with van der Waals surface area (Å²) in [4.78, 5) is 10.9. The minimum Gasteiger partial charge on any atom is -0.449 e. The molecule has 0 spiro atoms. The predicted molar refractivity (Wildman–Crippen MR) is 56.6 cm³/mol. The minimum atomic E-state index is -0.486. The lowest BCUT2D eigenvalue weighted by Crippen LogP contribution is -2.27. The van der Waals surface area contributed by atoms with E-state index < -0.39 is 6.09 Å². The number of ether oxygens (including phenoxy) is 1. The monoisotopic (exact) mass is 209 g/mol. The predicted octanol–water partition coefficient (Wildman–Crippen LogP) is 0.948. The molecule has 0 aromatic heterocycles. The first-order valence-corrected chi connectivity index (χ1v) is 4.88. The molecule has 0 saturated carbocycles. The molecule has 0 atom stereocenters. The Balaban J connectivity index is 2.14. The molecule has 0 radical (unpaired) electrons. The molecule has 0 aliphatic rings. The van der Waals surface area contributed by atoms with Gasteiger partial charge in [0.2, 0.25) is 0 Å². The van der Waals surface area contributed by atoms with Crippen LogP contribution in [0.2, 0.25) is 0 Å². The van der Waals surface area contributed by atoms with Crippen LogP contribution >= 0.6 is 0 Å². The molecular formula is C11H15NO3. The van der Waals surface area contributed by atoms with Gasteiger partial charge in [0.1, 0.15) is 0 Å². The Hall–Kier alpha value is -1.55. The fourth-order valence-electron chi connectivity index (χ4n) is 1.12. The van der Waals surface area contributed by atoms with Crippen molar-refractivity contribution in [3.05, 3.63) is 35.9 Å². The van der Waals surface area contributed by atoms with Crippen LogP contribution in [0, 0.1) is 0 Å². The molecule has 0 aliphatic heterocycles. The average molecular weight is 209 g/mol. The molecule has 2 N–H and O–H groups in total. The molecule has 0 saturated heterocycles. The van der Waals surface area contributed by atoms with Gasteiger partial charge in [-0.3, -0.25) is 0 Å². The number of carbonyl (C=O) groups excluding carboxylic acids is 1. The van der Waals surface area contributed by atoms with Crippen molar-refractivity contribution in [2.75, 3.05) is 19.8 Å². The van der Waals surface area contributed by atoms with E-state index in [1.807, 2.05) is 30.3 Å². The molecule has 4 heteroatoms. The number of benzene rings is 1. The summed E-state index contributed by atoms with van der Waals surface area (Å²) in [7, 11) is 0. The van der Waals surface area contributed by atoms with Gasteiger partial charge < -0.3 is 15.2 Å². The Bertz CT molecular complexity index is 287. The molecule has 82 valence electrons. The number of hydrogen-bond donors (Lipinski definition) is 2. The van der Waals surface area contributed by atoms with E-state index in [-0.39, 0.29) is 13.2 Å². The van der Waals surface area contributed by atoms with Crippen LogP contribution in [0.1, 0.15) is 5.56 Å². The van der Waals surface area contributed by atoms with Gasteiger partial charge >= 0.3 is 6.09 Å². The summed E-state index contributed by atoms with van der Waals surface area (Å²) in [6, 6.07) is 9.80. The number of carbonyl (C=O) groups is 1. The number of hydrogen-bond acceptors (Lipinski definition) is 3. The van der Waals surface area contributed by atoms with Crippen LogP contribution in [0.4, 0.5) is 4.79 Å². The van der Waals surface area contributed by atoms with E-state index in [2.05, 4.69) is 5.32 Å². The standard InChI is InChI=1S/C11H15NO3/c13-8-7-12-11(14)15-9-6-10-4-2-1-3-5-10/h1-5,13H,6-9H2,(H,12,14). The molecule has 0 fully saturated rings. The molecule has 0 bridgehead atoms. The van der Waals surface area contributed by atoms with Crippen LogP contribution in [0.5, 0.6) is 0 Å². The number of aliphatic hydroxyl groups excluding tert-OH is 1. The van der Waals surface area contributed by atoms with Gasteiger partial charge in [-0.05, 0) is 5.56 Å². The van der Waals surface area contributed by atoms with E-state index in [9.17, 15) is 4.79 Å². The molecule has 1 aromatic carbocycles. The normalized spacial score (nSPS) is 9.67. The van der Waals surface area contributed by atoms with Crippen molar-refractivity contribution in [2.24, 2.45) is 0 Å². The Morgan fingerprint density at radius 3 is 2.73 bits per heavy atom. The molecule has 4 nitrogen and oxygen atoms in total. The molecule has 1 amide bonds. The first-order valence-electron chi connectivity index (χ1n) is 4.88. The highest BCUT2D eigenvalue weighted by Gasteiger charge is 1.99. The lowest BCUT2D eigenvalue weighted by Gasteiger charge is -2.05. The van der Waals surface area contributed by atoms with Gasteiger partial charge in [-0.1, -0.05) is 30.3 Å². The number of aliphatic hydroxyl groups is 1. The number of alkyl carbamates (subject to hydrolysis) is 1. The topological polar surface area (TPSA) is 58.6 Å². The van der Waals surface area contributed by atoms with Crippen molar-refractivity contribution in [2.45, 2.75) is 6.42 Å². The molecule has 1 aromatic rings. The van der Waals surface area contributed by atoms with E-state index in [0.717, 1.165) is 5.56 Å². The quantitative estimate of drug-likeness (QED) is 0.759. The third kappa shape index (κ3) is 5.02. The molecular weight excluding hydrogens is 194 g/mol. The second-order valence-electron chi connectivity index (χ2n) is 3.02. The van der Waals surface area contributed by atoms with Crippen LogP contribution in [-0.4, -0.2) is 31.0 Å². The second kappa shape index (κ2) is 6.84. The second-order valence-corrected chi connectivity index (χ2v) is 3.02. The lowest BCUT2D eigenvalue weighted by molar-refractivity contribution is 0.144. The lowest BCUT2D eigenvalue weighted by atomic mass is 10.2. The number of rotatable bonds is 5. The van der Waals surface area contributed by atoms with Crippen LogP contribution in [0.25, 0.3) is 0 Å². The summed E-state index contributed by atoms with van der Waals surface area (Å²) in [5.41, 5.74) is 1.13. The van der Waals surface area contributed by atoms with Crippen LogP contribution in [0.3, 0.4) is 0 Å². The SMILES string of the molecule is O=C(NCCO)OCCc1ccccc1. The van der Waals surface area contributed by atoms with Crippen LogP contribution in [-0.2, 0) is 11.2 Å². The third-order valence-electron chi connectivity index (χ3n) is 1.85. The van der Waals surface area contributed by atoms with Crippen molar-refractivity contribution in [3.8, 4) is 0 Å². The summed E-state index contributed by atoms with van der Waals surface area (Å²) in [5, 5.41) is 10.9. The van der Waals surface area contributed by atoms with Gasteiger partial charge in [0.15, 0.2) is 0 Å². The Kier molecular flexibility index (Phi) is 5.25. The van der Waals surface area contributed by atoms with Gasteiger partial charge in [0.25, 0.3) is 0 Å². The highest BCUT2D eigenvalue weighted by atomic mass is 16.5. The van der Waals surface area contributed by atoms with E-state index >= 15 is 0 Å². The van der Waals surface area contributed by atoms with Crippen molar-refractivity contribution in [1.82, 2.24) is 5.32 Å². The van der Waals surface area contributed by atoms with Crippen molar-refractivity contribution in [3.63, 3.8) is 0 Å². The summed E-state index contributed by atoms with van der Waals surface area (Å²) >= 11 is 0. The molecule has 15 heavy (non-hydrogen) atoms. The van der Waals surface area contributed by atoms with Crippen LogP contribution in [0.15, 0.2) is 30.3 Å².